The number of hydrogen-bond acceptors (Lipinski definition) is 3. The number of amides is 1. The van der Waals surface area contributed by atoms with E-state index in [1.807, 2.05) is 62.4 Å². The van der Waals surface area contributed by atoms with Crippen LogP contribution in [0.2, 0.25) is 0 Å². The molecule has 0 saturated heterocycles. The number of nitrogens with zero attached hydrogens (tertiary/aromatic N) is 1. The first-order valence-corrected chi connectivity index (χ1v) is 7.04. The number of carbonyl (C=O) groups excluding carboxylic acids is 1. The molecule has 0 unspecified atom stereocenters. The molecule has 4 nitrogen and oxygen atoms in total. The molecular formula is C18H16N2O2. The van der Waals surface area contributed by atoms with Crippen LogP contribution in [0.1, 0.15) is 21.6 Å². The third kappa shape index (κ3) is 2.91. The molecule has 1 amide bonds. The van der Waals surface area contributed by atoms with Crippen molar-refractivity contribution in [1.82, 2.24) is 5.16 Å². The van der Waals surface area contributed by atoms with Crippen molar-refractivity contribution in [3.05, 3.63) is 71.4 Å². The zero-order valence-electron chi connectivity index (χ0n) is 12.5. The Kier molecular flexibility index (Phi) is 3.74. The van der Waals surface area contributed by atoms with Crippen LogP contribution < -0.4 is 5.32 Å². The lowest BCUT2D eigenvalue weighted by molar-refractivity contribution is 0.101. The lowest BCUT2D eigenvalue weighted by atomic mass is 10.1. The topological polar surface area (TPSA) is 55.1 Å². The van der Waals surface area contributed by atoms with E-state index in [1.165, 1.54) is 0 Å². The molecule has 0 atom stereocenters. The molecule has 22 heavy (non-hydrogen) atoms. The summed E-state index contributed by atoms with van der Waals surface area (Å²) in [5.74, 6) is 0.305. The lowest BCUT2D eigenvalue weighted by Gasteiger charge is -2.02. The minimum atomic E-state index is -0.285. The summed E-state index contributed by atoms with van der Waals surface area (Å²) in [6, 6.07) is 17.1. The molecule has 2 aromatic carbocycles. The van der Waals surface area contributed by atoms with Crippen LogP contribution in [-0.2, 0) is 0 Å². The molecule has 0 saturated carbocycles. The highest BCUT2D eigenvalue weighted by Crippen LogP contribution is 2.24. The molecule has 4 heteroatoms. The quantitative estimate of drug-likeness (QED) is 0.786. The van der Waals surface area contributed by atoms with Gasteiger partial charge in [-0.05, 0) is 31.5 Å². The Balaban J connectivity index is 1.80. The molecule has 1 N–H and O–H groups in total. The summed E-state index contributed by atoms with van der Waals surface area (Å²) in [5, 5.41) is 6.66. The van der Waals surface area contributed by atoms with Crippen molar-refractivity contribution in [3.8, 4) is 11.3 Å². The predicted molar refractivity (Wildman–Crippen MR) is 85.8 cm³/mol. The van der Waals surface area contributed by atoms with Crippen LogP contribution in [0.3, 0.4) is 0 Å². The molecule has 0 radical (unpaired) electrons. The first kappa shape index (κ1) is 14.1. The summed E-state index contributed by atoms with van der Waals surface area (Å²) < 4.78 is 5.30. The van der Waals surface area contributed by atoms with Crippen LogP contribution >= 0.6 is 0 Å². The Morgan fingerprint density at radius 3 is 2.50 bits per heavy atom. The van der Waals surface area contributed by atoms with Gasteiger partial charge in [0.05, 0.1) is 0 Å². The third-order valence-electron chi connectivity index (χ3n) is 3.46. The minimum Gasteiger partial charge on any atom is -0.355 e. The van der Waals surface area contributed by atoms with E-state index in [1.54, 1.807) is 6.07 Å². The Bertz CT molecular complexity index is 804. The summed E-state index contributed by atoms with van der Waals surface area (Å²) in [6.45, 7) is 3.99. The second-order valence-electron chi connectivity index (χ2n) is 5.21. The van der Waals surface area contributed by atoms with E-state index in [9.17, 15) is 4.79 Å². The fourth-order valence-corrected chi connectivity index (χ4v) is 2.19. The van der Waals surface area contributed by atoms with E-state index in [2.05, 4.69) is 10.5 Å². The Morgan fingerprint density at radius 1 is 1.05 bits per heavy atom. The summed E-state index contributed by atoms with van der Waals surface area (Å²) in [4.78, 5) is 12.2. The minimum absolute atomic E-state index is 0.263. The van der Waals surface area contributed by atoms with Crippen molar-refractivity contribution in [3.63, 3.8) is 0 Å². The number of carbonyl (C=O) groups is 1. The zero-order chi connectivity index (χ0) is 15.5. The molecule has 0 aliphatic rings. The number of aryl methyl sites for hydroxylation is 2. The largest absolute Gasteiger partial charge is 0.355 e. The summed E-state index contributed by atoms with van der Waals surface area (Å²) >= 11 is 0. The maximum Gasteiger partial charge on any atom is 0.277 e. The second kappa shape index (κ2) is 5.85. The van der Waals surface area contributed by atoms with Gasteiger partial charge in [-0.2, -0.15) is 0 Å². The normalized spacial score (nSPS) is 10.5. The third-order valence-corrected chi connectivity index (χ3v) is 3.46. The summed E-state index contributed by atoms with van der Waals surface area (Å²) in [5.41, 5.74) is 4.14. The first-order valence-electron chi connectivity index (χ1n) is 7.04. The number of rotatable bonds is 3. The van der Waals surface area contributed by atoms with Crippen LogP contribution in [-0.4, -0.2) is 11.1 Å². The molecule has 3 rings (SSSR count). The van der Waals surface area contributed by atoms with E-state index in [0.717, 1.165) is 22.4 Å². The van der Waals surface area contributed by atoms with E-state index >= 15 is 0 Å². The monoisotopic (exact) mass is 292 g/mol. The summed E-state index contributed by atoms with van der Waals surface area (Å²) in [7, 11) is 0. The van der Waals surface area contributed by atoms with Crippen LogP contribution in [0, 0.1) is 13.8 Å². The Morgan fingerprint density at radius 2 is 1.77 bits per heavy atom. The second-order valence-corrected chi connectivity index (χ2v) is 5.21. The van der Waals surface area contributed by atoms with Gasteiger partial charge in [0.2, 0.25) is 0 Å². The fourth-order valence-electron chi connectivity index (χ4n) is 2.19. The number of hydrogen-bond donors (Lipinski definition) is 1. The van der Waals surface area contributed by atoms with Gasteiger partial charge in [0.15, 0.2) is 11.5 Å². The average Bonchev–Trinajstić information content (AvgIpc) is 3.00. The van der Waals surface area contributed by atoms with Crippen LogP contribution in [0.4, 0.5) is 5.69 Å². The maximum absolute atomic E-state index is 12.2. The van der Waals surface area contributed by atoms with Gasteiger partial charge in [0.1, 0.15) is 0 Å². The van der Waals surface area contributed by atoms with E-state index in [-0.39, 0.29) is 11.6 Å². The van der Waals surface area contributed by atoms with Gasteiger partial charge >= 0.3 is 0 Å². The van der Waals surface area contributed by atoms with E-state index in [4.69, 9.17) is 4.52 Å². The highest BCUT2D eigenvalue weighted by atomic mass is 16.5. The molecule has 0 fully saturated rings. The zero-order valence-corrected chi connectivity index (χ0v) is 12.5. The van der Waals surface area contributed by atoms with Gasteiger partial charge in [0.25, 0.3) is 5.91 Å². The van der Waals surface area contributed by atoms with Gasteiger partial charge in [-0.25, -0.2) is 0 Å². The van der Waals surface area contributed by atoms with Crippen LogP contribution in [0.25, 0.3) is 11.3 Å². The number of benzene rings is 2. The van der Waals surface area contributed by atoms with Crippen molar-refractivity contribution in [2.24, 2.45) is 0 Å². The Hall–Kier alpha value is -2.88. The first-order chi connectivity index (χ1) is 10.6. The average molecular weight is 292 g/mol. The molecule has 1 heterocycles. The van der Waals surface area contributed by atoms with Crippen molar-refractivity contribution < 1.29 is 9.32 Å². The van der Waals surface area contributed by atoms with E-state index < -0.39 is 0 Å². The highest BCUT2D eigenvalue weighted by Gasteiger charge is 2.14. The number of nitrogens with one attached hydrogen (secondary N) is 1. The smallest absolute Gasteiger partial charge is 0.277 e. The van der Waals surface area contributed by atoms with Gasteiger partial charge in [-0.15, -0.1) is 0 Å². The molecular weight excluding hydrogens is 276 g/mol. The molecule has 3 aromatic rings. The fraction of sp³-hybridized carbons (Fsp3) is 0.111. The standard InChI is InChI=1S/C18H16N2O2/c1-12-7-9-14(10-8-12)19-18(21)16-11-17(22-20-16)15-6-4-3-5-13(15)2/h3-11H,1-2H3,(H,19,21). The van der Waals surface area contributed by atoms with Crippen molar-refractivity contribution >= 4 is 11.6 Å². The van der Waals surface area contributed by atoms with Crippen LogP contribution in [0.5, 0.6) is 0 Å². The molecule has 0 spiro atoms. The maximum atomic E-state index is 12.2. The number of aromatic nitrogens is 1. The molecule has 0 bridgehead atoms. The van der Waals surface area contributed by atoms with Gasteiger partial charge in [0, 0.05) is 17.3 Å². The molecule has 110 valence electrons. The van der Waals surface area contributed by atoms with Gasteiger partial charge in [-0.1, -0.05) is 47.1 Å². The molecule has 1 aromatic heterocycles. The van der Waals surface area contributed by atoms with E-state index in [0.29, 0.717) is 5.76 Å². The molecule has 0 aliphatic heterocycles. The Labute approximate surface area is 128 Å². The summed E-state index contributed by atoms with van der Waals surface area (Å²) in [6.07, 6.45) is 0. The highest BCUT2D eigenvalue weighted by molar-refractivity contribution is 6.03. The number of anilines is 1. The van der Waals surface area contributed by atoms with Gasteiger partial charge in [-0.3, -0.25) is 4.79 Å². The molecule has 0 aliphatic carbocycles. The lowest BCUT2D eigenvalue weighted by Crippen LogP contribution is -2.11. The predicted octanol–water partition coefficient (Wildman–Crippen LogP) is 4.21. The van der Waals surface area contributed by atoms with Crippen molar-refractivity contribution in [1.29, 1.82) is 0 Å². The van der Waals surface area contributed by atoms with Crippen molar-refractivity contribution in [2.45, 2.75) is 13.8 Å². The van der Waals surface area contributed by atoms with Gasteiger partial charge < -0.3 is 9.84 Å². The van der Waals surface area contributed by atoms with Crippen molar-refractivity contribution in [2.75, 3.05) is 5.32 Å². The van der Waals surface area contributed by atoms with Crippen LogP contribution in [0.15, 0.2) is 59.1 Å². The SMILES string of the molecule is Cc1ccc(NC(=O)c2cc(-c3ccccc3C)on2)cc1.